The van der Waals surface area contributed by atoms with Crippen LogP contribution in [0.5, 0.6) is 5.75 Å². The first-order valence-corrected chi connectivity index (χ1v) is 6.78. The van der Waals surface area contributed by atoms with Crippen molar-refractivity contribution in [2.45, 2.75) is 32.7 Å². The maximum Gasteiger partial charge on any atom is 0.223 e. The van der Waals surface area contributed by atoms with E-state index in [0.29, 0.717) is 17.2 Å². The Bertz CT molecular complexity index is 437. The van der Waals surface area contributed by atoms with E-state index in [1.165, 1.54) is 0 Å². The molecule has 4 N–H and O–H groups in total. The van der Waals surface area contributed by atoms with E-state index in [4.69, 9.17) is 27.8 Å². The lowest BCUT2D eigenvalue weighted by molar-refractivity contribution is -0.122. The number of ether oxygens (including phenoxy) is 1. The molecule has 106 valence electrons. The van der Waals surface area contributed by atoms with Crippen LogP contribution < -0.4 is 16.2 Å². The average Bonchev–Trinajstić information content (AvgIpc) is 2.38. The Labute approximate surface area is 119 Å². The first kappa shape index (κ1) is 15.8. The molecule has 1 aromatic carbocycles. The van der Waals surface area contributed by atoms with E-state index in [2.05, 4.69) is 0 Å². The fourth-order valence-corrected chi connectivity index (χ4v) is 1.82. The molecular weight excluding hydrogens is 264 g/mol. The molecule has 2 unspecified atom stereocenters. The number of hydrogen-bond acceptors (Lipinski definition) is 3. The number of carbonyl (C=O) groups excluding carboxylic acids is 1. The Morgan fingerprint density at radius 1 is 1.47 bits per heavy atom. The maximum atomic E-state index is 11.0. The summed E-state index contributed by atoms with van der Waals surface area (Å²) in [6.45, 7) is 3.99. The van der Waals surface area contributed by atoms with Gasteiger partial charge >= 0.3 is 0 Å². The van der Waals surface area contributed by atoms with Crippen LogP contribution in [0.25, 0.3) is 0 Å². The van der Waals surface area contributed by atoms with Crippen molar-refractivity contribution >= 4 is 17.5 Å². The number of carbonyl (C=O) groups is 1. The van der Waals surface area contributed by atoms with E-state index in [-0.39, 0.29) is 24.5 Å². The van der Waals surface area contributed by atoms with Gasteiger partial charge in [-0.2, -0.15) is 0 Å². The molecule has 0 bridgehead atoms. The minimum atomic E-state index is -0.381. The Hall–Kier alpha value is -1.26. The zero-order valence-corrected chi connectivity index (χ0v) is 12.1. The SMILES string of the molecule is CCC(N)Cc1c(Cl)cccc1OCC(C)C(N)=O. The van der Waals surface area contributed by atoms with Gasteiger partial charge in [-0.25, -0.2) is 0 Å². The van der Waals surface area contributed by atoms with E-state index in [1.54, 1.807) is 6.92 Å². The van der Waals surface area contributed by atoms with Crippen molar-refractivity contribution in [3.8, 4) is 5.75 Å². The van der Waals surface area contributed by atoms with Crippen LogP contribution in [0, 0.1) is 5.92 Å². The van der Waals surface area contributed by atoms with Crippen molar-refractivity contribution in [3.05, 3.63) is 28.8 Å². The van der Waals surface area contributed by atoms with Crippen LogP contribution in [0.15, 0.2) is 18.2 Å². The molecule has 1 amide bonds. The fourth-order valence-electron chi connectivity index (χ4n) is 1.58. The second-order valence-electron chi connectivity index (χ2n) is 4.70. The number of primary amides is 1. The summed E-state index contributed by atoms with van der Waals surface area (Å²) in [6, 6.07) is 5.49. The molecule has 19 heavy (non-hydrogen) atoms. The molecule has 0 aliphatic carbocycles. The minimum Gasteiger partial charge on any atom is -0.492 e. The molecule has 2 atom stereocenters. The zero-order chi connectivity index (χ0) is 14.4. The smallest absolute Gasteiger partial charge is 0.223 e. The molecule has 0 radical (unpaired) electrons. The van der Waals surface area contributed by atoms with Crippen LogP contribution in [-0.4, -0.2) is 18.6 Å². The van der Waals surface area contributed by atoms with E-state index < -0.39 is 0 Å². The molecule has 1 aromatic rings. The van der Waals surface area contributed by atoms with Crippen LogP contribution in [0.4, 0.5) is 0 Å². The zero-order valence-electron chi connectivity index (χ0n) is 11.4. The number of halogens is 1. The summed E-state index contributed by atoms with van der Waals surface area (Å²) in [5.74, 6) is -0.0509. The molecule has 0 aromatic heterocycles. The molecule has 0 aliphatic rings. The Morgan fingerprint density at radius 2 is 2.16 bits per heavy atom. The van der Waals surface area contributed by atoms with Gasteiger partial charge in [0.25, 0.3) is 0 Å². The van der Waals surface area contributed by atoms with Crippen molar-refractivity contribution in [2.24, 2.45) is 17.4 Å². The lowest BCUT2D eigenvalue weighted by Gasteiger charge is -2.17. The first-order chi connectivity index (χ1) is 8.95. The molecule has 0 fully saturated rings. The highest BCUT2D eigenvalue weighted by molar-refractivity contribution is 6.31. The van der Waals surface area contributed by atoms with Crippen molar-refractivity contribution in [1.82, 2.24) is 0 Å². The van der Waals surface area contributed by atoms with Gasteiger partial charge in [0.05, 0.1) is 12.5 Å². The molecular formula is C14H21ClN2O2. The standard InChI is InChI=1S/C14H21ClN2O2/c1-3-10(16)7-11-12(15)5-4-6-13(11)19-8-9(2)14(17)18/h4-6,9-10H,3,7-8,16H2,1-2H3,(H2,17,18). The lowest BCUT2D eigenvalue weighted by atomic mass is 10.0. The predicted molar refractivity (Wildman–Crippen MR) is 77.3 cm³/mol. The van der Waals surface area contributed by atoms with Crippen LogP contribution in [0.3, 0.4) is 0 Å². The summed E-state index contributed by atoms with van der Waals surface area (Å²) >= 11 is 6.18. The molecule has 0 aliphatic heterocycles. The molecule has 0 saturated heterocycles. The van der Waals surface area contributed by atoms with Crippen LogP contribution in [0.2, 0.25) is 5.02 Å². The van der Waals surface area contributed by atoms with Gasteiger partial charge in [0.15, 0.2) is 0 Å². The largest absolute Gasteiger partial charge is 0.492 e. The van der Waals surface area contributed by atoms with E-state index in [9.17, 15) is 4.79 Å². The van der Waals surface area contributed by atoms with E-state index in [1.807, 2.05) is 25.1 Å². The van der Waals surface area contributed by atoms with E-state index in [0.717, 1.165) is 12.0 Å². The van der Waals surface area contributed by atoms with Gasteiger partial charge in [-0.1, -0.05) is 31.5 Å². The highest BCUT2D eigenvalue weighted by Crippen LogP contribution is 2.28. The van der Waals surface area contributed by atoms with Gasteiger partial charge in [-0.3, -0.25) is 4.79 Å². The summed E-state index contributed by atoms with van der Waals surface area (Å²) in [4.78, 5) is 11.0. The highest BCUT2D eigenvalue weighted by atomic mass is 35.5. The third-order valence-electron chi connectivity index (χ3n) is 3.04. The van der Waals surface area contributed by atoms with Gasteiger partial charge in [0.2, 0.25) is 5.91 Å². The average molecular weight is 285 g/mol. The van der Waals surface area contributed by atoms with Crippen molar-refractivity contribution in [3.63, 3.8) is 0 Å². The van der Waals surface area contributed by atoms with Crippen molar-refractivity contribution in [2.75, 3.05) is 6.61 Å². The fraction of sp³-hybridized carbons (Fsp3) is 0.500. The Kier molecular flexibility index (Phi) is 6.12. The molecule has 0 spiro atoms. The monoisotopic (exact) mass is 284 g/mol. The summed E-state index contributed by atoms with van der Waals surface area (Å²) in [6.07, 6.45) is 1.51. The normalized spacial score (nSPS) is 13.9. The molecule has 1 rings (SSSR count). The lowest BCUT2D eigenvalue weighted by Crippen LogP contribution is -2.26. The second-order valence-corrected chi connectivity index (χ2v) is 5.11. The first-order valence-electron chi connectivity index (χ1n) is 6.40. The van der Waals surface area contributed by atoms with Crippen LogP contribution in [0.1, 0.15) is 25.8 Å². The van der Waals surface area contributed by atoms with E-state index >= 15 is 0 Å². The third kappa shape index (κ3) is 4.73. The quantitative estimate of drug-likeness (QED) is 0.805. The predicted octanol–water partition coefficient (Wildman–Crippen LogP) is 2.12. The minimum absolute atomic E-state index is 0.0378. The molecule has 0 saturated carbocycles. The number of nitrogens with two attached hydrogens (primary N) is 2. The number of benzene rings is 1. The molecule has 5 heteroatoms. The summed E-state index contributed by atoms with van der Waals surface area (Å²) in [5, 5.41) is 0.633. The molecule has 0 heterocycles. The van der Waals surface area contributed by atoms with Gasteiger partial charge in [0, 0.05) is 16.6 Å². The number of rotatable bonds is 7. The summed E-state index contributed by atoms with van der Waals surface area (Å²) in [7, 11) is 0. The molecule has 4 nitrogen and oxygen atoms in total. The third-order valence-corrected chi connectivity index (χ3v) is 3.40. The Balaban J connectivity index is 2.82. The van der Waals surface area contributed by atoms with Gasteiger partial charge < -0.3 is 16.2 Å². The summed E-state index contributed by atoms with van der Waals surface area (Å²) < 4.78 is 5.65. The maximum absolute atomic E-state index is 11.0. The van der Waals surface area contributed by atoms with Gasteiger partial charge in [0.1, 0.15) is 5.75 Å². The van der Waals surface area contributed by atoms with Crippen molar-refractivity contribution < 1.29 is 9.53 Å². The van der Waals surface area contributed by atoms with Crippen molar-refractivity contribution in [1.29, 1.82) is 0 Å². The van der Waals surface area contributed by atoms with Gasteiger partial charge in [-0.15, -0.1) is 0 Å². The van der Waals surface area contributed by atoms with Gasteiger partial charge in [-0.05, 0) is 25.0 Å². The Morgan fingerprint density at radius 3 is 2.74 bits per heavy atom. The highest BCUT2D eigenvalue weighted by Gasteiger charge is 2.14. The van der Waals surface area contributed by atoms with Crippen LogP contribution in [-0.2, 0) is 11.2 Å². The summed E-state index contributed by atoms with van der Waals surface area (Å²) in [5.41, 5.74) is 12.0. The second kappa shape index (κ2) is 7.36. The van der Waals surface area contributed by atoms with Crippen LogP contribution >= 0.6 is 11.6 Å². The topological polar surface area (TPSA) is 78.3 Å². The number of hydrogen-bond donors (Lipinski definition) is 2. The number of amides is 1.